The number of hydrazone groups is 1. The molecule has 0 aromatic heterocycles. The van der Waals surface area contributed by atoms with Crippen molar-refractivity contribution in [3.05, 3.63) is 58.6 Å². The first-order chi connectivity index (χ1) is 11.1. The van der Waals surface area contributed by atoms with Gasteiger partial charge in [0.2, 0.25) is 0 Å². The minimum Gasteiger partial charge on any atom is -0.493 e. The molecule has 0 aliphatic carbocycles. The molecule has 23 heavy (non-hydrogen) atoms. The highest BCUT2D eigenvalue weighted by Crippen LogP contribution is 2.27. The zero-order valence-electron chi connectivity index (χ0n) is 12.9. The van der Waals surface area contributed by atoms with Crippen LogP contribution in [0.1, 0.15) is 22.8 Å². The van der Waals surface area contributed by atoms with Crippen LogP contribution in [0.2, 0.25) is 5.02 Å². The van der Waals surface area contributed by atoms with Crippen LogP contribution in [0.25, 0.3) is 0 Å². The van der Waals surface area contributed by atoms with Gasteiger partial charge in [0, 0.05) is 10.6 Å². The topological polar surface area (TPSA) is 59.9 Å². The van der Waals surface area contributed by atoms with Gasteiger partial charge < -0.3 is 9.47 Å². The SMILES string of the molecule is CCOc1cc(/C=N\NC(=O)c2ccc(Cl)cc2)ccc1OC. The van der Waals surface area contributed by atoms with Gasteiger partial charge in [0.15, 0.2) is 11.5 Å². The summed E-state index contributed by atoms with van der Waals surface area (Å²) in [5.41, 5.74) is 3.73. The third kappa shape index (κ3) is 4.72. The van der Waals surface area contributed by atoms with Gasteiger partial charge >= 0.3 is 0 Å². The number of ether oxygens (including phenoxy) is 2. The summed E-state index contributed by atoms with van der Waals surface area (Å²) in [7, 11) is 1.58. The fraction of sp³-hybridized carbons (Fsp3) is 0.176. The van der Waals surface area contributed by atoms with Crippen LogP contribution in [-0.2, 0) is 0 Å². The number of nitrogens with zero attached hydrogens (tertiary/aromatic N) is 1. The number of carbonyl (C=O) groups is 1. The normalized spacial score (nSPS) is 10.6. The molecule has 0 unspecified atom stereocenters. The molecular weight excluding hydrogens is 316 g/mol. The van der Waals surface area contributed by atoms with E-state index in [9.17, 15) is 4.79 Å². The largest absolute Gasteiger partial charge is 0.493 e. The number of rotatable bonds is 6. The molecule has 0 heterocycles. The second-order valence-corrected chi connectivity index (χ2v) is 4.99. The first-order valence-electron chi connectivity index (χ1n) is 7.04. The monoisotopic (exact) mass is 332 g/mol. The minimum absolute atomic E-state index is 0.309. The van der Waals surface area contributed by atoms with E-state index in [-0.39, 0.29) is 5.91 Å². The smallest absolute Gasteiger partial charge is 0.271 e. The van der Waals surface area contributed by atoms with E-state index in [1.807, 2.05) is 13.0 Å². The first kappa shape index (κ1) is 16.8. The van der Waals surface area contributed by atoms with Crippen LogP contribution in [-0.4, -0.2) is 25.8 Å². The molecule has 0 fully saturated rings. The average molecular weight is 333 g/mol. The van der Waals surface area contributed by atoms with E-state index in [4.69, 9.17) is 21.1 Å². The lowest BCUT2D eigenvalue weighted by Crippen LogP contribution is -2.17. The molecule has 0 aliphatic rings. The molecule has 2 aromatic rings. The summed E-state index contributed by atoms with van der Waals surface area (Å²) in [6.45, 7) is 2.43. The minimum atomic E-state index is -0.309. The third-order valence-electron chi connectivity index (χ3n) is 2.97. The predicted octanol–water partition coefficient (Wildman–Crippen LogP) is 3.51. The molecule has 2 aromatic carbocycles. The van der Waals surface area contributed by atoms with E-state index in [2.05, 4.69) is 10.5 Å². The highest BCUT2D eigenvalue weighted by molar-refractivity contribution is 6.30. The van der Waals surface area contributed by atoms with Crippen LogP contribution in [0, 0.1) is 0 Å². The summed E-state index contributed by atoms with van der Waals surface area (Å²) in [6.07, 6.45) is 1.54. The Morgan fingerprint density at radius 1 is 1.22 bits per heavy atom. The van der Waals surface area contributed by atoms with Gasteiger partial charge in [0.25, 0.3) is 5.91 Å². The van der Waals surface area contributed by atoms with E-state index >= 15 is 0 Å². The van der Waals surface area contributed by atoms with Crippen molar-refractivity contribution in [3.8, 4) is 11.5 Å². The molecule has 0 bridgehead atoms. The summed E-state index contributed by atoms with van der Waals surface area (Å²) in [5, 5.41) is 4.52. The molecule has 0 saturated carbocycles. The maximum absolute atomic E-state index is 11.9. The van der Waals surface area contributed by atoms with Crippen LogP contribution < -0.4 is 14.9 Å². The van der Waals surface area contributed by atoms with Crippen molar-refractivity contribution in [2.75, 3.05) is 13.7 Å². The van der Waals surface area contributed by atoms with E-state index < -0.39 is 0 Å². The molecule has 6 heteroatoms. The molecule has 0 aliphatic heterocycles. The lowest BCUT2D eigenvalue weighted by molar-refractivity contribution is 0.0955. The summed E-state index contributed by atoms with van der Waals surface area (Å²) < 4.78 is 10.7. The number of hydrogen-bond acceptors (Lipinski definition) is 4. The first-order valence-corrected chi connectivity index (χ1v) is 7.41. The Labute approximate surface area is 139 Å². The molecule has 5 nitrogen and oxygen atoms in total. The Bertz CT molecular complexity index is 699. The Morgan fingerprint density at radius 2 is 1.96 bits per heavy atom. The van der Waals surface area contributed by atoms with Crippen molar-refractivity contribution >= 4 is 23.7 Å². The van der Waals surface area contributed by atoms with Crippen LogP contribution in [0.4, 0.5) is 0 Å². The lowest BCUT2D eigenvalue weighted by Gasteiger charge is -2.09. The fourth-order valence-electron chi connectivity index (χ4n) is 1.87. The second kappa shape index (κ2) is 8.19. The molecule has 1 amide bonds. The molecule has 120 valence electrons. The molecule has 0 spiro atoms. The number of benzene rings is 2. The number of nitrogens with one attached hydrogen (secondary N) is 1. The van der Waals surface area contributed by atoms with Gasteiger partial charge in [0.1, 0.15) is 0 Å². The van der Waals surface area contributed by atoms with Gasteiger partial charge in [-0.15, -0.1) is 0 Å². The van der Waals surface area contributed by atoms with Crippen LogP contribution >= 0.6 is 11.6 Å². The zero-order chi connectivity index (χ0) is 16.7. The van der Waals surface area contributed by atoms with Crippen molar-refractivity contribution in [2.45, 2.75) is 6.92 Å². The van der Waals surface area contributed by atoms with Gasteiger partial charge in [-0.25, -0.2) is 5.43 Å². The average Bonchev–Trinajstić information content (AvgIpc) is 2.56. The van der Waals surface area contributed by atoms with Gasteiger partial charge in [-0.2, -0.15) is 5.10 Å². The fourth-order valence-corrected chi connectivity index (χ4v) is 2.00. The molecular formula is C17H17ClN2O3. The third-order valence-corrected chi connectivity index (χ3v) is 3.23. The highest BCUT2D eigenvalue weighted by Gasteiger charge is 2.05. The lowest BCUT2D eigenvalue weighted by atomic mass is 10.2. The van der Waals surface area contributed by atoms with E-state index in [1.165, 1.54) is 6.21 Å². The van der Waals surface area contributed by atoms with E-state index in [0.29, 0.717) is 28.7 Å². The standard InChI is InChI=1S/C17H17ClN2O3/c1-3-23-16-10-12(4-9-15(16)22-2)11-19-20-17(21)13-5-7-14(18)8-6-13/h4-11H,3H2,1-2H3,(H,20,21)/b19-11-. The molecule has 0 atom stereocenters. The highest BCUT2D eigenvalue weighted by atomic mass is 35.5. The Balaban J connectivity index is 2.03. The van der Waals surface area contributed by atoms with E-state index in [0.717, 1.165) is 5.56 Å². The predicted molar refractivity (Wildman–Crippen MR) is 90.7 cm³/mol. The molecule has 1 N–H and O–H groups in total. The number of carbonyl (C=O) groups excluding carboxylic acids is 1. The quantitative estimate of drug-likeness (QED) is 0.650. The molecule has 2 rings (SSSR count). The van der Waals surface area contributed by atoms with Crippen molar-refractivity contribution in [1.29, 1.82) is 0 Å². The van der Waals surface area contributed by atoms with Crippen molar-refractivity contribution in [1.82, 2.24) is 5.43 Å². The Hall–Kier alpha value is -2.53. The van der Waals surface area contributed by atoms with Gasteiger partial charge in [0.05, 0.1) is 19.9 Å². The Morgan fingerprint density at radius 3 is 2.61 bits per heavy atom. The van der Waals surface area contributed by atoms with Crippen LogP contribution in [0.3, 0.4) is 0 Å². The Kier molecular flexibility index (Phi) is 6.00. The van der Waals surface area contributed by atoms with Crippen LogP contribution in [0.15, 0.2) is 47.6 Å². The molecule has 0 radical (unpaired) electrons. The number of halogens is 1. The van der Waals surface area contributed by atoms with Gasteiger partial charge in [-0.3, -0.25) is 4.79 Å². The number of amides is 1. The maximum Gasteiger partial charge on any atom is 0.271 e. The van der Waals surface area contributed by atoms with Gasteiger partial charge in [-0.05, 0) is 55.0 Å². The second-order valence-electron chi connectivity index (χ2n) is 4.55. The van der Waals surface area contributed by atoms with Crippen LogP contribution in [0.5, 0.6) is 11.5 Å². The van der Waals surface area contributed by atoms with Crippen molar-refractivity contribution in [2.24, 2.45) is 5.10 Å². The summed E-state index contributed by atoms with van der Waals surface area (Å²) in [4.78, 5) is 11.9. The van der Waals surface area contributed by atoms with Gasteiger partial charge in [-0.1, -0.05) is 11.6 Å². The summed E-state index contributed by atoms with van der Waals surface area (Å²) in [6, 6.07) is 12.0. The van der Waals surface area contributed by atoms with Crippen molar-refractivity contribution < 1.29 is 14.3 Å². The van der Waals surface area contributed by atoms with E-state index in [1.54, 1.807) is 43.5 Å². The summed E-state index contributed by atoms with van der Waals surface area (Å²) >= 11 is 5.78. The zero-order valence-corrected chi connectivity index (χ0v) is 13.6. The molecule has 0 saturated heterocycles. The summed E-state index contributed by atoms with van der Waals surface area (Å²) in [5.74, 6) is 0.966. The number of hydrogen-bond donors (Lipinski definition) is 1. The maximum atomic E-state index is 11.9. The van der Waals surface area contributed by atoms with Crippen molar-refractivity contribution in [3.63, 3.8) is 0 Å². The number of methoxy groups -OCH3 is 1.